The van der Waals surface area contributed by atoms with E-state index in [1.54, 1.807) is 72.8 Å². The van der Waals surface area contributed by atoms with Crippen LogP contribution in [0.15, 0.2) is 159 Å². The zero-order valence-corrected chi connectivity index (χ0v) is 37.9. The molecule has 0 aliphatic heterocycles. The van der Waals surface area contributed by atoms with Gasteiger partial charge in [0.15, 0.2) is 0 Å². The second-order valence-corrected chi connectivity index (χ2v) is 17.6. The molecule has 2 heterocycles. The van der Waals surface area contributed by atoms with Gasteiger partial charge in [-0.2, -0.15) is 28.5 Å². The van der Waals surface area contributed by atoms with Crippen LogP contribution < -0.4 is 16.2 Å². The zero-order valence-electron chi connectivity index (χ0n) is 34.9. The summed E-state index contributed by atoms with van der Waals surface area (Å²) >= 11 is 18.5. The molecule has 0 bridgehead atoms. The number of nitrogens with one attached hydrogen (secondary N) is 2. The molecule has 342 valence electrons. The molecule has 0 fully saturated rings. The normalized spacial score (nSPS) is 11.6. The first-order chi connectivity index (χ1) is 33.1. The van der Waals surface area contributed by atoms with Gasteiger partial charge in [-0.05, 0) is 102 Å². The number of hydrogen-bond acceptors (Lipinski definition) is 15. The Hall–Kier alpha value is -8.27. The van der Waals surface area contributed by atoms with E-state index in [2.05, 4.69) is 35.8 Å². The molecule has 0 spiro atoms. The number of benzene rings is 7. The van der Waals surface area contributed by atoms with Gasteiger partial charge in [0.1, 0.15) is 11.5 Å². The van der Waals surface area contributed by atoms with Crippen molar-refractivity contribution in [2.75, 3.05) is 10.6 Å². The fourth-order valence-corrected chi connectivity index (χ4v) is 8.31. The number of hydrogen-bond donors (Lipinski definition) is 3. The highest BCUT2D eigenvalue weighted by Gasteiger charge is 2.24. The highest BCUT2D eigenvalue weighted by Crippen LogP contribution is 2.39. The van der Waals surface area contributed by atoms with Crippen LogP contribution in [-0.2, 0) is 16.5 Å². The van der Waals surface area contributed by atoms with Crippen molar-refractivity contribution in [2.45, 2.75) is 11.3 Å². The quantitative estimate of drug-likeness (QED) is 0.0420. The van der Waals surface area contributed by atoms with E-state index in [9.17, 15) is 38.0 Å². The topological polar surface area (TPSA) is 263 Å². The van der Waals surface area contributed by atoms with Crippen molar-refractivity contribution in [1.82, 2.24) is 24.5 Å². The monoisotopic (exact) mass is 999 g/mol. The van der Waals surface area contributed by atoms with Crippen LogP contribution in [0.3, 0.4) is 0 Å². The second kappa shape index (κ2) is 18.8. The van der Waals surface area contributed by atoms with E-state index >= 15 is 0 Å². The summed E-state index contributed by atoms with van der Waals surface area (Å²) in [6, 6.07) is 35.1. The van der Waals surface area contributed by atoms with Crippen molar-refractivity contribution in [3.63, 3.8) is 0 Å². The van der Waals surface area contributed by atoms with Gasteiger partial charge in [0.05, 0.1) is 42.7 Å². The van der Waals surface area contributed by atoms with E-state index in [4.69, 9.17) is 39.8 Å². The largest absolute Gasteiger partial charge is 0.324 e. The number of nitro groups is 2. The third-order valence-corrected chi connectivity index (χ3v) is 12.0. The molecule has 0 aliphatic rings. The summed E-state index contributed by atoms with van der Waals surface area (Å²) in [5.41, 5.74) is 0.809. The van der Waals surface area contributed by atoms with E-state index in [-0.39, 0.29) is 73.6 Å². The lowest BCUT2D eigenvalue weighted by molar-refractivity contribution is -0.386. The zero-order chi connectivity index (χ0) is 48.6. The number of nitrogens with zero attached hydrogens (tertiary/aromatic N) is 9. The third kappa shape index (κ3) is 9.91. The van der Waals surface area contributed by atoms with Crippen LogP contribution in [0.1, 0.15) is 11.1 Å². The summed E-state index contributed by atoms with van der Waals surface area (Å²) in [7, 11) is -4.59. The lowest BCUT2D eigenvalue weighted by Crippen LogP contribution is -2.22. The number of halogens is 3. The molecular formula is C46H28Cl3N11O8S. The Kier molecular flexibility index (Phi) is 12.5. The van der Waals surface area contributed by atoms with Crippen molar-refractivity contribution >= 4 is 113 Å². The van der Waals surface area contributed by atoms with Gasteiger partial charge in [0.25, 0.3) is 27.1 Å². The summed E-state index contributed by atoms with van der Waals surface area (Å²) in [5, 5.41) is 41.6. The maximum Gasteiger partial charge on any atom is 0.294 e. The Labute approximate surface area is 403 Å². The van der Waals surface area contributed by atoms with E-state index < -0.39 is 36.9 Å². The first-order valence-electron chi connectivity index (χ1n) is 20.1. The SMILES string of the molecule is O=c1c2ccc(Cl)cc2nc(-c2ccccc2)n1-c1ccc(Cc2ccc(N=Nc3c(Nc4nc(Cl)nc(Nc5ccc(Cl)cc5)n4)ccc4cc(S(=O)(=O)O)ccc34)cc2[N+](=O)[O-])c([N+](=O)[O-])c1. The van der Waals surface area contributed by atoms with Crippen molar-refractivity contribution in [1.29, 1.82) is 0 Å². The lowest BCUT2D eigenvalue weighted by Gasteiger charge is -2.15. The third-order valence-electron chi connectivity index (χ3n) is 10.5. The predicted octanol–water partition coefficient (Wildman–Crippen LogP) is 11.9. The number of anilines is 4. The molecule has 69 heavy (non-hydrogen) atoms. The molecule has 0 saturated carbocycles. The van der Waals surface area contributed by atoms with E-state index in [1.807, 2.05) is 0 Å². The molecule has 0 aliphatic carbocycles. The summed E-state index contributed by atoms with van der Waals surface area (Å²) in [4.78, 5) is 55.0. The molecule has 3 N–H and O–H groups in total. The Balaban J connectivity index is 1.07. The van der Waals surface area contributed by atoms with Crippen LogP contribution in [0.2, 0.25) is 15.3 Å². The van der Waals surface area contributed by atoms with Gasteiger partial charge in [-0.3, -0.25) is 34.1 Å². The van der Waals surface area contributed by atoms with Gasteiger partial charge in [-0.1, -0.05) is 65.7 Å². The summed E-state index contributed by atoms with van der Waals surface area (Å²) in [6.45, 7) is 0. The van der Waals surface area contributed by atoms with E-state index in [0.29, 0.717) is 37.6 Å². The van der Waals surface area contributed by atoms with Crippen LogP contribution in [-0.4, -0.2) is 47.3 Å². The van der Waals surface area contributed by atoms with E-state index in [1.165, 1.54) is 59.2 Å². The molecule has 7 aromatic carbocycles. The molecule has 0 atom stereocenters. The minimum Gasteiger partial charge on any atom is -0.324 e. The first kappa shape index (κ1) is 45.9. The van der Waals surface area contributed by atoms with Crippen molar-refractivity contribution in [3.8, 4) is 17.1 Å². The molecule has 0 saturated heterocycles. The Bertz CT molecular complexity index is 3770. The number of rotatable bonds is 13. The van der Waals surface area contributed by atoms with E-state index in [0.717, 1.165) is 12.1 Å². The summed E-state index contributed by atoms with van der Waals surface area (Å²) in [6.07, 6.45) is -0.268. The van der Waals surface area contributed by atoms with Gasteiger partial charge in [0, 0.05) is 56.4 Å². The minimum atomic E-state index is -4.59. The minimum absolute atomic E-state index is 0.00312. The fraction of sp³-hybridized carbons (Fsp3) is 0.0217. The Morgan fingerprint density at radius 1 is 0.667 bits per heavy atom. The molecule has 0 amide bonds. The maximum atomic E-state index is 14.1. The second-order valence-electron chi connectivity index (χ2n) is 14.9. The van der Waals surface area contributed by atoms with Crippen molar-refractivity contribution < 1.29 is 22.8 Å². The Morgan fingerprint density at radius 2 is 1.33 bits per heavy atom. The number of fused-ring (bicyclic) bond motifs is 2. The molecule has 23 heteroatoms. The van der Waals surface area contributed by atoms with Crippen LogP contribution in [0, 0.1) is 20.2 Å². The lowest BCUT2D eigenvalue weighted by atomic mass is 10.0. The first-order valence-corrected chi connectivity index (χ1v) is 22.7. The Morgan fingerprint density at radius 3 is 2.04 bits per heavy atom. The smallest absolute Gasteiger partial charge is 0.294 e. The number of nitro benzene ring substituents is 2. The van der Waals surface area contributed by atoms with Crippen LogP contribution in [0.4, 0.5) is 46.0 Å². The maximum absolute atomic E-state index is 14.1. The molecule has 0 unspecified atom stereocenters. The molecule has 0 radical (unpaired) electrons. The van der Waals surface area contributed by atoms with Crippen LogP contribution in [0.25, 0.3) is 38.8 Å². The highest BCUT2D eigenvalue weighted by atomic mass is 35.5. The van der Waals surface area contributed by atoms with Crippen molar-refractivity contribution in [2.24, 2.45) is 10.2 Å². The molecule has 19 nitrogen and oxygen atoms in total. The average molecular weight is 1000 g/mol. The van der Waals surface area contributed by atoms with Crippen LogP contribution >= 0.6 is 34.8 Å². The van der Waals surface area contributed by atoms with Crippen LogP contribution in [0.5, 0.6) is 0 Å². The molecule has 2 aromatic heterocycles. The molecule has 9 aromatic rings. The molecular weight excluding hydrogens is 973 g/mol. The van der Waals surface area contributed by atoms with Crippen molar-refractivity contribution in [3.05, 3.63) is 197 Å². The predicted molar refractivity (Wildman–Crippen MR) is 261 cm³/mol. The van der Waals surface area contributed by atoms with Gasteiger partial charge in [-0.15, -0.1) is 5.11 Å². The summed E-state index contributed by atoms with van der Waals surface area (Å²) < 4.78 is 35.0. The van der Waals surface area contributed by atoms with Gasteiger partial charge in [-0.25, -0.2) is 4.98 Å². The van der Waals surface area contributed by atoms with Gasteiger partial charge in [0.2, 0.25) is 17.2 Å². The van der Waals surface area contributed by atoms with Gasteiger partial charge < -0.3 is 10.6 Å². The van der Waals surface area contributed by atoms with Gasteiger partial charge >= 0.3 is 0 Å². The fourth-order valence-electron chi connectivity index (χ4n) is 7.34. The number of aromatic nitrogens is 5. The highest BCUT2D eigenvalue weighted by molar-refractivity contribution is 7.85. The molecule has 9 rings (SSSR count). The standard InChI is InChI=1S/C46H28Cl3N11O8S/c47-29-9-13-31(14-10-29)50-45-53-44(49)54-46(55-45)52-37-19-8-26-21-34(69(66,67)68)16-18-35(26)41(37)57-56-32-12-6-27(39(23-32)59(62)63)20-28-7-15-33(24-40(28)60(64)65)58-42(25-4-2-1-3-5-25)51-38-22-30(48)11-17-36(38)43(58)61/h1-19,21-24H,20H2,(H,66,67,68)(H2,50,52,53,54,55). The average Bonchev–Trinajstić information content (AvgIpc) is 3.31. The summed E-state index contributed by atoms with van der Waals surface area (Å²) in [5.74, 6) is 0.233. The number of azo groups is 1.